The van der Waals surface area contributed by atoms with E-state index in [-0.39, 0.29) is 18.6 Å². The van der Waals surface area contributed by atoms with Crippen LogP contribution >= 0.6 is 12.8 Å². The van der Waals surface area contributed by atoms with Gasteiger partial charge in [-0.15, -0.1) is 0 Å². The molecule has 0 aliphatic rings. The summed E-state index contributed by atoms with van der Waals surface area (Å²) >= 11 is 3.98. The van der Waals surface area contributed by atoms with E-state index >= 15 is 0 Å². The second kappa shape index (κ2) is 8.64. The Bertz CT molecular complexity index is 801. The first-order valence-electron chi connectivity index (χ1n) is 8.40. The van der Waals surface area contributed by atoms with Crippen molar-refractivity contribution < 1.29 is 18.3 Å². The highest BCUT2D eigenvalue weighted by molar-refractivity contribution is 7.78. The molecule has 0 aromatic heterocycles. The van der Waals surface area contributed by atoms with Gasteiger partial charge in [0.25, 0.3) is 0 Å². The second-order valence-electron chi connectivity index (χ2n) is 6.33. The number of carbonyl (C=O) groups is 1. The molecule has 0 spiro atoms. The van der Waals surface area contributed by atoms with E-state index in [0.29, 0.717) is 5.56 Å². The van der Waals surface area contributed by atoms with Crippen LogP contribution in [0.15, 0.2) is 24.3 Å². The van der Waals surface area contributed by atoms with Crippen LogP contribution in [-0.4, -0.2) is 12.6 Å². The van der Waals surface area contributed by atoms with Crippen LogP contribution in [-0.2, 0) is 9.53 Å². The van der Waals surface area contributed by atoms with Crippen molar-refractivity contribution in [2.45, 2.75) is 40.2 Å². The molecule has 0 aliphatic heterocycles. The number of rotatable bonds is 6. The highest BCUT2D eigenvalue weighted by Gasteiger charge is 2.23. The molecule has 1 unspecified atom stereocenters. The van der Waals surface area contributed by atoms with Crippen molar-refractivity contribution in [3.05, 3.63) is 58.2 Å². The number of halogens is 2. The van der Waals surface area contributed by atoms with E-state index < -0.39 is 23.6 Å². The number of hydrogen-bond acceptors (Lipinski definition) is 4. The van der Waals surface area contributed by atoms with Gasteiger partial charge < -0.3 is 4.74 Å². The zero-order valence-corrected chi connectivity index (χ0v) is 16.2. The van der Waals surface area contributed by atoms with E-state index in [1.54, 1.807) is 13.0 Å². The number of benzene rings is 2. The van der Waals surface area contributed by atoms with E-state index in [0.717, 1.165) is 22.3 Å². The van der Waals surface area contributed by atoms with Gasteiger partial charge in [-0.2, -0.15) is 0 Å². The summed E-state index contributed by atoms with van der Waals surface area (Å²) < 4.78 is 36.2. The maximum absolute atomic E-state index is 14.4. The summed E-state index contributed by atoms with van der Waals surface area (Å²) in [4.78, 5) is 11.8. The lowest BCUT2D eigenvalue weighted by molar-refractivity contribution is -0.143. The minimum absolute atomic E-state index is 0.0439. The molecular formula is C20H23F2NO2S. The lowest BCUT2D eigenvalue weighted by Gasteiger charge is -2.19. The molecule has 26 heavy (non-hydrogen) atoms. The molecule has 0 bridgehead atoms. The molecular weight excluding hydrogens is 356 g/mol. The van der Waals surface area contributed by atoms with Gasteiger partial charge in [-0.3, -0.25) is 9.52 Å². The smallest absolute Gasteiger partial charge is 0.307 e. The van der Waals surface area contributed by atoms with Crippen LogP contribution in [0.5, 0.6) is 0 Å². The third kappa shape index (κ3) is 4.43. The van der Waals surface area contributed by atoms with Crippen LogP contribution in [0.2, 0.25) is 0 Å². The van der Waals surface area contributed by atoms with E-state index in [1.807, 2.05) is 32.9 Å². The third-order valence-corrected chi connectivity index (χ3v) is 4.54. The molecule has 0 amide bonds. The molecule has 0 heterocycles. The SMILES string of the molecule is CCOC(=O)CC(NS)c1cc(-c2c(C)cc(C)cc2C)cc(F)c1F. The number of esters is 1. The third-order valence-electron chi connectivity index (χ3n) is 4.23. The highest BCUT2D eigenvalue weighted by Crippen LogP contribution is 2.33. The summed E-state index contributed by atoms with van der Waals surface area (Å²) in [7, 11) is 0. The Labute approximate surface area is 158 Å². The number of ether oxygens (including phenoxy) is 1. The molecule has 1 atom stereocenters. The largest absolute Gasteiger partial charge is 0.466 e. The summed E-state index contributed by atoms with van der Waals surface area (Å²) in [6.07, 6.45) is -0.150. The van der Waals surface area contributed by atoms with E-state index in [1.165, 1.54) is 6.07 Å². The summed E-state index contributed by atoms with van der Waals surface area (Å²) in [5.74, 6) is -2.46. The van der Waals surface area contributed by atoms with Gasteiger partial charge >= 0.3 is 5.97 Å². The molecule has 140 valence electrons. The molecule has 0 aliphatic carbocycles. The quantitative estimate of drug-likeness (QED) is 0.549. The summed E-state index contributed by atoms with van der Waals surface area (Å²) in [5.41, 5.74) is 4.50. The molecule has 0 fully saturated rings. The number of carbonyl (C=O) groups excluding carboxylic acids is 1. The Morgan fingerprint density at radius 1 is 1.15 bits per heavy atom. The van der Waals surface area contributed by atoms with Gasteiger partial charge in [0.2, 0.25) is 0 Å². The highest BCUT2D eigenvalue weighted by atomic mass is 32.1. The molecule has 2 rings (SSSR count). The number of aryl methyl sites for hydroxylation is 3. The Kier molecular flexibility index (Phi) is 6.78. The monoisotopic (exact) mass is 379 g/mol. The second-order valence-corrected chi connectivity index (χ2v) is 6.58. The molecule has 2 aromatic rings. The van der Waals surface area contributed by atoms with Crippen molar-refractivity contribution in [2.24, 2.45) is 0 Å². The van der Waals surface area contributed by atoms with Crippen LogP contribution in [0.25, 0.3) is 11.1 Å². The first-order valence-corrected chi connectivity index (χ1v) is 8.85. The van der Waals surface area contributed by atoms with E-state index in [4.69, 9.17) is 4.74 Å². The van der Waals surface area contributed by atoms with Crippen molar-refractivity contribution in [3.63, 3.8) is 0 Å². The number of hydrogen-bond donors (Lipinski definition) is 2. The minimum Gasteiger partial charge on any atom is -0.466 e. The zero-order valence-electron chi connectivity index (χ0n) is 15.3. The average Bonchev–Trinajstić information content (AvgIpc) is 2.55. The predicted molar refractivity (Wildman–Crippen MR) is 102 cm³/mol. The topological polar surface area (TPSA) is 38.3 Å². The average molecular weight is 379 g/mol. The minimum atomic E-state index is -0.994. The van der Waals surface area contributed by atoms with Gasteiger partial charge in [-0.05, 0) is 62.1 Å². The fraction of sp³-hybridized carbons (Fsp3) is 0.350. The Hall–Kier alpha value is -1.92. The predicted octanol–water partition coefficient (Wildman–Crippen LogP) is 4.99. The summed E-state index contributed by atoms with van der Waals surface area (Å²) in [6.45, 7) is 7.76. The van der Waals surface area contributed by atoms with Crippen molar-refractivity contribution in [3.8, 4) is 11.1 Å². The van der Waals surface area contributed by atoms with Crippen molar-refractivity contribution >= 4 is 18.8 Å². The molecule has 2 aromatic carbocycles. The molecule has 0 saturated carbocycles. The fourth-order valence-corrected chi connectivity index (χ4v) is 3.49. The van der Waals surface area contributed by atoms with Crippen LogP contribution < -0.4 is 4.72 Å². The summed E-state index contributed by atoms with van der Waals surface area (Å²) in [6, 6.07) is 5.93. The number of thiol groups is 1. The van der Waals surface area contributed by atoms with Gasteiger partial charge in [-0.25, -0.2) is 8.78 Å². The summed E-state index contributed by atoms with van der Waals surface area (Å²) in [5, 5.41) is 0. The maximum Gasteiger partial charge on any atom is 0.307 e. The first kappa shape index (κ1) is 20.4. The molecule has 0 radical (unpaired) electrons. The van der Waals surface area contributed by atoms with Crippen molar-refractivity contribution in [2.75, 3.05) is 6.61 Å². The zero-order chi connectivity index (χ0) is 19.4. The fourth-order valence-electron chi connectivity index (χ4n) is 3.26. The van der Waals surface area contributed by atoms with Crippen molar-refractivity contribution in [1.82, 2.24) is 4.72 Å². The van der Waals surface area contributed by atoms with Gasteiger partial charge in [0.05, 0.1) is 19.1 Å². The lowest BCUT2D eigenvalue weighted by atomic mass is 9.91. The van der Waals surface area contributed by atoms with Gasteiger partial charge in [0.1, 0.15) is 0 Å². The first-order chi connectivity index (χ1) is 12.3. The van der Waals surface area contributed by atoms with Crippen LogP contribution in [0.1, 0.15) is 41.6 Å². The normalized spacial score (nSPS) is 12.1. The molecule has 0 saturated heterocycles. The standard InChI is InChI=1S/C20H23F2NO2S/c1-5-25-18(24)10-17(23-26)15-8-14(9-16(21)20(15)22)19-12(3)6-11(2)7-13(19)4/h6-9,17,23,26H,5,10H2,1-4H3. The van der Waals surface area contributed by atoms with Crippen molar-refractivity contribution in [1.29, 1.82) is 0 Å². The van der Waals surface area contributed by atoms with E-state index in [9.17, 15) is 13.6 Å². The van der Waals surface area contributed by atoms with E-state index in [2.05, 4.69) is 17.5 Å². The van der Waals surface area contributed by atoms with Gasteiger partial charge in [0.15, 0.2) is 11.6 Å². The molecule has 6 heteroatoms. The van der Waals surface area contributed by atoms with Gasteiger partial charge in [0, 0.05) is 5.56 Å². The molecule has 1 N–H and O–H groups in total. The van der Waals surface area contributed by atoms with Crippen LogP contribution in [0.3, 0.4) is 0 Å². The van der Waals surface area contributed by atoms with Crippen LogP contribution in [0.4, 0.5) is 8.78 Å². The number of nitrogens with one attached hydrogen (secondary N) is 1. The maximum atomic E-state index is 14.4. The Morgan fingerprint density at radius 2 is 1.77 bits per heavy atom. The molecule has 3 nitrogen and oxygen atoms in total. The Balaban J connectivity index is 2.54. The van der Waals surface area contributed by atoms with Crippen LogP contribution in [0, 0.1) is 32.4 Å². The van der Waals surface area contributed by atoms with Gasteiger partial charge in [-0.1, -0.05) is 30.5 Å². The lowest BCUT2D eigenvalue weighted by Crippen LogP contribution is -2.20. The Morgan fingerprint density at radius 3 is 2.31 bits per heavy atom.